The molecule has 0 aliphatic carbocycles. The van der Waals surface area contributed by atoms with Crippen molar-refractivity contribution >= 4 is 30.7 Å². The maximum Gasteiger partial charge on any atom is 0.228 e. The van der Waals surface area contributed by atoms with Crippen molar-refractivity contribution < 1.29 is 14.3 Å². The molecular formula is C20H33Cl2N3O3. The molecule has 28 heavy (non-hydrogen) atoms. The van der Waals surface area contributed by atoms with Gasteiger partial charge in [0.15, 0.2) is 0 Å². The summed E-state index contributed by atoms with van der Waals surface area (Å²) in [4.78, 5) is 15.3. The van der Waals surface area contributed by atoms with Gasteiger partial charge in [-0.25, -0.2) is 0 Å². The summed E-state index contributed by atoms with van der Waals surface area (Å²) >= 11 is 0. The van der Waals surface area contributed by atoms with Crippen molar-refractivity contribution in [2.75, 3.05) is 53.1 Å². The second-order valence-corrected chi connectivity index (χ2v) is 7.35. The van der Waals surface area contributed by atoms with Crippen LogP contribution in [-0.4, -0.2) is 63.9 Å². The molecule has 6 nitrogen and oxygen atoms in total. The van der Waals surface area contributed by atoms with Crippen LogP contribution < -0.4 is 10.6 Å². The van der Waals surface area contributed by atoms with Crippen LogP contribution in [0.1, 0.15) is 24.0 Å². The van der Waals surface area contributed by atoms with E-state index in [2.05, 4.69) is 39.8 Å². The van der Waals surface area contributed by atoms with E-state index in [0.29, 0.717) is 13.2 Å². The van der Waals surface area contributed by atoms with Crippen molar-refractivity contribution in [3.05, 3.63) is 35.4 Å². The van der Waals surface area contributed by atoms with E-state index >= 15 is 0 Å². The number of piperidine rings is 1. The molecule has 2 fully saturated rings. The lowest BCUT2D eigenvalue weighted by molar-refractivity contribution is -0.136. The monoisotopic (exact) mass is 433 g/mol. The highest BCUT2D eigenvalue weighted by Gasteiger charge is 2.39. The molecule has 0 unspecified atom stereocenters. The Balaban J connectivity index is 0.00000196. The predicted molar refractivity (Wildman–Crippen MR) is 115 cm³/mol. The van der Waals surface area contributed by atoms with Crippen molar-refractivity contribution in [2.24, 2.45) is 5.41 Å². The maximum absolute atomic E-state index is 12.8. The number of nitrogens with one attached hydrogen (secondary N) is 2. The molecule has 2 aliphatic heterocycles. The van der Waals surface area contributed by atoms with E-state index in [4.69, 9.17) is 9.47 Å². The molecular weight excluding hydrogens is 401 g/mol. The topological polar surface area (TPSA) is 62.8 Å². The van der Waals surface area contributed by atoms with Crippen LogP contribution in [0.5, 0.6) is 0 Å². The van der Waals surface area contributed by atoms with E-state index < -0.39 is 5.41 Å². The second kappa shape index (κ2) is 12.6. The zero-order valence-electron chi connectivity index (χ0n) is 16.6. The lowest BCUT2D eigenvalue weighted by Gasteiger charge is -2.35. The van der Waals surface area contributed by atoms with Gasteiger partial charge >= 0.3 is 0 Å². The zero-order chi connectivity index (χ0) is 18.2. The van der Waals surface area contributed by atoms with Crippen LogP contribution in [0.4, 0.5) is 0 Å². The number of amides is 1. The number of methoxy groups -OCH3 is 1. The van der Waals surface area contributed by atoms with Crippen LogP contribution in [0, 0.1) is 5.41 Å². The minimum Gasteiger partial charge on any atom is -0.384 e. The summed E-state index contributed by atoms with van der Waals surface area (Å²) in [6.07, 6.45) is 1.65. The van der Waals surface area contributed by atoms with Crippen LogP contribution in [0.25, 0.3) is 0 Å². The summed E-state index contributed by atoms with van der Waals surface area (Å²) in [6, 6.07) is 8.50. The minimum absolute atomic E-state index is 0. The SMILES string of the molecule is COCC1(C(=O)NCc2cccc(CN3CCOCC3)c2)CCNCC1.Cl.Cl. The third kappa shape index (κ3) is 6.87. The Kier molecular flexibility index (Phi) is 11.3. The number of rotatable bonds is 7. The van der Waals surface area contributed by atoms with Gasteiger partial charge in [0.1, 0.15) is 0 Å². The molecule has 3 rings (SSSR count). The summed E-state index contributed by atoms with van der Waals surface area (Å²) in [5.74, 6) is 0.111. The molecule has 2 aliphatic rings. The molecule has 2 N–H and O–H groups in total. The quantitative estimate of drug-likeness (QED) is 0.688. The van der Waals surface area contributed by atoms with Crippen molar-refractivity contribution in [1.29, 1.82) is 0 Å². The molecule has 1 aromatic rings. The fourth-order valence-corrected chi connectivity index (χ4v) is 3.84. The van der Waals surface area contributed by atoms with Crippen LogP contribution in [0.3, 0.4) is 0 Å². The normalized spacial score (nSPS) is 19.2. The molecule has 0 saturated carbocycles. The van der Waals surface area contributed by atoms with E-state index in [9.17, 15) is 4.79 Å². The second-order valence-electron chi connectivity index (χ2n) is 7.35. The smallest absolute Gasteiger partial charge is 0.228 e. The van der Waals surface area contributed by atoms with Gasteiger partial charge in [0.2, 0.25) is 5.91 Å². The van der Waals surface area contributed by atoms with Crippen molar-refractivity contribution in [3.63, 3.8) is 0 Å². The average molecular weight is 434 g/mol. The number of ether oxygens (including phenoxy) is 2. The number of carbonyl (C=O) groups excluding carboxylic acids is 1. The zero-order valence-corrected chi connectivity index (χ0v) is 18.2. The third-order valence-corrected chi connectivity index (χ3v) is 5.42. The first-order valence-electron chi connectivity index (χ1n) is 9.58. The molecule has 1 aromatic carbocycles. The molecule has 2 saturated heterocycles. The first kappa shape index (κ1) is 25.1. The summed E-state index contributed by atoms with van der Waals surface area (Å²) in [7, 11) is 1.67. The number of carbonyl (C=O) groups is 1. The largest absolute Gasteiger partial charge is 0.384 e. The first-order valence-corrected chi connectivity index (χ1v) is 9.58. The van der Waals surface area contributed by atoms with Crippen LogP contribution in [-0.2, 0) is 27.4 Å². The van der Waals surface area contributed by atoms with E-state index in [0.717, 1.165) is 64.3 Å². The van der Waals surface area contributed by atoms with Crippen molar-refractivity contribution in [3.8, 4) is 0 Å². The van der Waals surface area contributed by atoms with Crippen LogP contribution in [0.15, 0.2) is 24.3 Å². The molecule has 0 atom stereocenters. The molecule has 0 bridgehead atoms. The highest BCUT2D eigenvalue weighted by molar-refractivity contribution is 5.85. The fraction of sp³-hybridized carbons (Fsp3) is 0.650. The number of morpholine rings is 1. The summed E-state index contributed by atoms with van der Waals surface area (Å²) in [5, 5.41) is 6.47. The summed E-state index contributed by atoms with van der Waals surface area (Å²) < 4.78 is 10.8. The lowest BCUT2D eigenvalue weighted by Crippen LogP contribution is -2.49. The van der Waals surface area contributed by atoms with E-state index in [1.165, 1.54) is 5.56 Å². The summed E-state index contributed by atoms with van der Waals surface area (Å²) in [5.41, 5.74) is 2.03. The minimum atomic E-state index is -0.397. The Hall–Kier alpha value is -0.890. The number of hydrogen-bond donors (Lipinski definition) is 2. The Morgan fingerprint density at radius 2 is 1.89 bits per heavy atom. The highest BCUT2D eigenvalue weighted by atomic mass is 35.5. The number of benzene rings is 1. The molecule has 8 heteroatoms. The van der Waals surface area contributed by atoms with E-state index in [1.807, 2.05) is 0 Å². The standard InChI is InChI=1S/C20H31N3O3.2ClH/c1-25-16-20(5-7-21-8-6-20)19(24)22-14-17-3-2-4-18(13-17)15-23-9-11-26-12-10-23;;/h2-4,13,21H,5-12,14-16H2,1H3,(H,22,24);2*1H. The molecule has 1 amide bonds. The number of hydrogen-bond acceptors (Lipinski definition) is 5. The van der Waals surface area contributed by atoms with Crippen LogP contribution in [0.2, 0.25) is 0 Å². The molecule has 0 radical (unpaired) electrons. The third-order valence-electron chi connectivity index (χ3n) is 5.42. The predicted octanol–water partition coefficient (Wildman–Crippen LogP) is 1.99. The number of halogens is 2. The van der Waals surface area contributed by atoms with E-state index in [-0.39, 0.29) is 30.7 Å². The number of nitrogens with zero attached hydrogens (tertiary/aromatic N) is 1. The maximum atomic E-state index is 12.8. The summed E-state index contributed by atoms with van der Waals surface area (Å²) in [6.45, 7) is 7.30. The first-order chi connectivity index (χ1) is 12.7. The fourth-order valence-electron chi connectivity index (χ4n) is 3.84. The average Bonchev–Trinajstić information content (AvgIpc) is 2.68. The van der Waals surface area contributed by atoms with Gasteiger partial charge in [-0.3, -0.25) is 9.69 Å². The van der Waals surface area contributed by atoms with Gasteiger partial charge < -0.3 is 20.1 Å². The Morgan fingerprint density at radius 1 is 1.21 bits per heavy atom. The van der Waals surface area contributed by atoms with E-state index in [1.54, 1.807) is 7.11 Å². The van der Waals surface area contributed by atoms with Crippen molar-refractivity contribution in [1.82, 2.24) is 15.5 Å². The van der Waals surface area contributed by atoms with Gasteiger partial charge in [0.05, 0.1) is 25.2 Å². The Bertz CT molecular complexity index is 586. The van der Waals surface area contributed by atoms with Crippen LogP contribution >= 0.6 is 24.8 Å². The van der Waals surface area contributed by atoms with Gasteiger partial charge in [-0.05, 0) is 37.1 Å². The van der Waals surface area contributed by atoms with Gasteiger partial charge in [-0.15, -0.1) is 24.8 Å². The van der Waals surface area contributed by atoms with Gasteiger partial charge in [-0.1, -0.05) is 24.3 Å². The lowest BCUT2D eigenvalue weighted by atomic mass is 9.78. The van der Waals surface area contributed by atoms with Gasteiger partial charge in [-0.2, -0.15) is 0 Å². The molecule has 0 aromatic heterocycles. The van der Waals surface area contributed by atoms with Gasteiger partial charge in [0, 0.05) is 33.3 Å². The molecule has 0 spiro atoms. The molecule has 160 valence electrons. The van der Waals surface area contributed by atoms with Crippen molar-refractivity contribution in [2.45, 2.75) is 25.9 Å². The Labute approximate surface area is 180 Å². The molecule has 2 heterocycles. The van der Waals surface area contributed by atoms with Gasteiger partial charge in [0.25, 0.3) is 0 Å². The Morgan fingerprint density at radius 3 is 2.57 bits per heavy atom. The highest BCUT2D eigenvalue weighted by Crippen LogP contribution is 2.29.